The number of aromatic nitrogens is 2. The van der Waals surface area contributed by atoms with Gasteiger partial charge in [-0.15, -0.1) is 0 Å². The van der Waals surface area contributed by atoms with Gasteiger partial charge in [0, 0.05) is 18.2 Å². The number of hydrogen-bond acceptors (Lipinski definition) is 4. The van der Waals surface area contributed by atoms with Crippen molar-refractivity contribution < 1.29 is 14.6 Å². The molecule has 0 unspecified atom stereocenters. The molecule has 22 heavy (non-hydrogen) atoms. The van der Waals surface area contributed by atoms with E-state index in [1.165, 1.54) is 13.1 Å². The van der Waals surface area contributed by atoms with E-state index in [4.69, 9.17) is 9.84 Å². The van der Waals surface area contributed by atoms with Gasteiger partial charge in [-0.2, -0.15) is 5.10 Å². The topological polar surface area (TPSA) is 81.4 Å². The molecule has 0 atom stereocenters. The molecule has 0 amide bonds. The monoisotopic (exact) mass is 302 g/mol. The summed E-state index contributed by atoms with van der Waals surface area (Å²) in [6.45, 7) is 3.89. The molecule has 1 aromatic carbocycles. The van der Waals surface area contributed by atoms with Crippen LogP contribution < -0.4 is 10.3 Å². The van der Waals surface area contributed by atoms with Crippen molar-refractivity contribution in [2.75, 3.05) is 0 Å². The molecule has 0 fully saturated rings. The summed E-state index contributed by atoms with van der Waals surface area (Å²) in [5, 5.41) is 13.1. The highest BCUT2D eigenvalue weighted by Crippen LogP contribution is 2.21. The summed E-state index contributed by atoms with van der Waals surface area (Å²) in [6.07, 6.45) is -0.236. The van der Waals surface area contributed by atoms with Crippen molar-refractivity contribution in [1.29, 1.82) is 0 Å². The molecule has 0 spiro atoms. The number of aryl methyl sites for hydroxylation is 1. The first-order valence-electron chi connectivity index (χ1n) is 6.93. The normalized spacial score (nSPS) is 10.7. The lowest BCUT2D eigenvalue weighted by Crippen LogP contribution is -2.25. The first-order valence-corrected chi connectivity index (χ1v) is 6.93. The van der Waals surface area contributed by atoms with E-state index in [0.29, 0.717) is 5.69 Å². The van der Waals surface area contributed by atoms with Crippen LogP contribution in [0.5, 0.6) is 5.75 Å². The lowest BCUT2D eigenvalue weighted by Gasteiger charge is -2.10. The van der Waals surface area contributed by atoms with Crippen molar-refractivity contribution >= 4 is 5.97 Å². The molecule has 0 bridgehead atoms. The van der Waals surface area contributed by atoms with Crippen molar-refractivity contribution in [3.8, 4) is 17.0 Å². The predicted octanol–water partition coefficient (Wildman–Crippen LogP) is 1.86. The van der Waals surface area contributed by atoms with Gasteiger partial charge in [0.2, 0.25) is 0 Å². The SMILES string of the molecule is CC(C)Oc1ccc(-c2cc(CC(=O)O)c(=O)n(C)n2)cc1. The van der Waals surface area contributed by atoms with E-state index in [1.54, 1.807) is 0 Å². The van der Waals surface area contributed by atoms with Crippen LogP contribution in [0.25, 0.3) is 11.3 Å². The Morgan fingerprint density at radius 2 is 1.95 bits per heavy atom. The molecule has 116 valence electrons. The zero-order chi connectivity index (χ0) is 16.3. The summed E-state index contributed by atoms with van der Waals surface area (Å²) in [5.74, 6) is -0.302. The fraction of sp³-hybridized carbons (Fsp3) is 0.312. The maximum absolute atomic E-state index is 11.9. The Bertz CT molecular complexity index is 733. The predicted molar refractivity (Wildman–Crippen MR) is 82.0 cm³/mol. The van der Waals surface area contributed by atoms with Gasteiger partial charge in [0.05, 0.1) is 18.2 Å². The second-order valence-corrected chi connectivity index (χ2v) is 5.25. The third-order valence-corrected chi connectivity index (χ3v) is 3.00. The van der Waals surface area contributed by atoms with Gasteiger partial charge in [-0.1, -0.05) is 0 Å². The zero-order valence-corrected chi connectivity index (χ0v) is 12.7. The molecule has 6 heteroatoms. The molecular formula is C16H18N2O4. The number of ether oxygens (including phenoxy) is 1. The van der Waals surface area contributed by atoms with Crippen LogP contribution in [-0.2, 0) is 18.3 Å². The van der Waals surface area contributed by atoms with Crippen molar-refractivity contribution in [2.24, 2.45) is 7.05 Å². The largest absolute Gasteiger partial charge is 0.491 e. The minimum absolute atomic E-state index is 0.0868. The molecule has 0 saturated heterocycles. The zero-order valence-electron chi connectivity index (χ0n) is 12.7. The minimum Gasteiger partial charge on any atom is -0.491 e. The molecule has 1 N–H and O–H groups in total. The summed E-state index contributed by atoms with van der Waals surface area (Å²) >= 11 is 0. The molecule has 0 aliphatic heterocycles. The first kappa shape index (κ1) is 15.8. The molecule has 2 rings (SSSR count). The highest BCUT2D eigenvalue weighted by Gasteiger charge is 2.11. The fourth-order valence-corrected chi connectivity index (χ4v) is 2.08. The third-order valence-electron chi connectivity index (χ3n) is 3.00. The average molecular weight is 302 g/mol. The van der Waals surface area contributed by atoms with E-state index in [1.807, 2.05) is 38.1 Å². The third kappa shape index (κ3) is 3.72. The van der Waals surface area contributed by atoms with Gasteiger partial charge in [0.25, 0.3) is 5.56 Å². The summed E-state index contributed by atoms with van der Waals surface area (Å²) in [7, 11) is 1.51. The Kier molecular flexibility index (Phi) is 4.60. The molecule has 6 nitrogen and oxygen atoms in total. The summed E-state index contributed by atoms with van der Waals surface area (Å²) in [6, 6.07) is 8.82. The Labute approximate surface area is 128 Å². The fourth-order valence-electron chi connectivity index (χ4n) is 2.08. The lowest BCUT2D eigenvalue weighted by atomic mass is 10.1. The quantitative estimate of drug-likeness (QED) is 0.911. The van der Waals surface area contributed by atoms with Gasteiger partial charge in [0.1, 0.15) is 5.75 Å². The summed E-state index contributed by atoms with van der Waals surface area (Å²) in [5.41, 5.74) is 1.15. The number of carbonyl (C=O) groups is 1. The maximum Gasteiger partial charge on any atom is 0.308 e. The van der Waals surface area contributed by atoms with Gasteiger partial charge < -0.3 is 9.84 Å². The van der Waals surface area contributed by atoms with Crippen LogP contribution in [0, 0.1) is 0 Å². The molecule has 1 aromatic heterocycles. The van der Waals surface area contributed by atoms with Crippen molar-refractivity contribution in [3.63, 3.8) is 0 Å². The van der Waals surface area contributed by atoms with Gasteiger partial charge in [-0.3, -0.25) is 9.59 Å². The van der Waals surface area contributed by atoms with Crippen molar-refractivity contribution in [2.45, 2.75) is 26.4 Å². The standard InChI is InChI=1S/C16H18N2O4/c1-10(2)22-13-6-4-11(5-7-13)14-8-12(9-15(19)20)16(21)18(3)17-14/h4-8,10H,9H2,1-3H3,(H,19,20). The van der Waals surface area contributed by atoms with Gasteiger partial charge in [-0.05, 0) is 44.2 Å². The van der Waals surface area contributed by atoms with E-state index >= 15 is 0 Å². The second kappa shape index (κ2) is 6.43. The van der Waals surface area contributed by atoms with Crippen molar-refractivity contribution in [1.82, 2.24) is 9.78 Å². The summed E-state index contributed by atoms with van der Waals surface area (Å²) < 4.78 is 6.73. The summed E-state index contributed by atoms with van der Waals surface area (Å²) in [4.78, 5) is 22.7. The highest BCUT2D eigenvalue weighted by molar-refractivity contribution is 5.71. The van der Waals surface area contributed by atoms with Crippen LogP contribution in [0.2, 0.25) is 0 Å². The molecule has 0 aliphatic carbocycles. The number of rotatable bonds is 5. The Morgan fingerprint density at radius 3 is 2.50 bits per heavy atom. The Morgan fingerprint density at radius 1 is 1.32 bits per heavy atom. The molecule has 0 saturated carbocycles. The molecule has 0 aliphatic rings. The lowest BCUT2D eigenvalue weighted by molar-refractivity contribution is -0.136. The van der Waals surface area contributed by atoms with Gasteiger partial charge in [0.15, 0.2) is 0 Å². The van der Waals surface area contributed by atoms with Crippen LogP contribution in [0.4, 0.5) is 0 Å². The Hall–Kier alpha value is -2.63. The van der Waals surface area contributed by atoms with E-state index in [9.17, 15) is 9.59 Å². The van der Waals surface area contributed by atoms with E-state index in [-0.39, 0.29) is 18.1 Å². The number of carboxylic acids is 1. The number of hydrogen-bond donors (Lipinski definition) is 1. The first-order chi connectivity index (χ1) is 10.4. The van der Waals surface area contributed by atoms with E-state index in [0.717, 1.165) is 16.0 Å². The van der Waals surface area contributed by atoms with E-state index in [2.05, 4.69) is 5.10 Å². The number of nitrogens with zero attached hydrogens (tertiary/aromatic N) is 2. The number of benzene rings is 1. The van der Waals surface area contributed by atoms with Gasteiger partial charge in [-0.25, -0.2) is 4.68 Å². The van der Waals surface area contributed by atoms with Crippen LogP contribution in [0.3, 0.4) is 0 Å². The molecule has 2 aromatic rings. The molecule has 1 heterocycles. The second-order valence-electron chi connectivity index (χ2n) is 5.25. The smallest absolute Gasteiger partial charge is 0.308 e. The van der Waals surface area contributed by atoms with Crippen LogP contribution >= 0.6 is 0 Å². The molecular weight excluding hydrogens is 284 g/mol. The maximum atomic E-state index is 11.9. The van der Waals surface area contributed by atoms with Crippen molar-refractivity contribution in [3.05, 3.63) is 46.2 Å². The molecule has 0 radical (unpaired) electrons. The number of aliphatic carboxylic acids is 1. The Balaban J connectivity index is 2.38. The average Bonchev–Trinajstić information content (AvgIpc) is 2.43. The number of carboxylic acid groups (broad SMARTS) is 1. The van der Waals surface area contributed by atoms with E-state index < -0.39 is 11.5 Å². The van der Waals surface area contributed by atoms with Crippen LogP contribution in [0.1, 0.15) is 19.4 Å². The highest BCUT2D eigenvalue weighted by atomic mass is 16.5. The minimum atomic E-state index is -1.05. The van der Waals surface area contributed by atoms with Gasteiger partial charge >= 0.3 is 5.97 Å². The van der Waals surface area contributed by atoms with Crippen LogP contribution in [-0.4, -0.2) is 27.0 Å². The van der Waals surface area contributed by atoms with Crippen LogP contribution in [0.15, 0.2) is 35.1 Å².